The van der Waals surface area contributed by atoms with E-state index in [1.807, 2.05) is 0 Å². The molecule has 3 heteroatoms. The van der Waals surface area contributed by atoms with Gasteiger partial charge < -0.3 is 5.11 Å². The number of carboxylic acid groups (broad SMARTS) is 1. The summed E-state index contributed by atoms with van der Waals surface area (Å²) >= 11 is 0. The number of hydrogen-bond donors (Lipinski definition) is 1. The van der Waals surface area contributed by atoms with Gasteiger partial charge in [-0.25, -0.2) is 0 Å². The lowest BCUT2D eigenvalue weighted by molar-refractivity contribution is -0.138. The van der Waals surface area contributed by atoms with Crippen molar-refractivity contribution in [1.82, 2.24) is 4.90 Å². The quantitative estimate of drug-likeness (QED) is 0.764. The second-order valence-electron chi connectivity index (χ2n) is 5.80. The molecule has 96 valence electrons. The first kappa shape index (κ1) is 12.6. The molecule has 3 nitrogen and oxygen atoms in total. The van der Waals surface area contributed by atoms with E-state index in [-0.39, 0.29) is 0 Å². The summed E-state index contributed by atoms with van der Waals surface area (Å²) in [6.45, 7) is 5.33. The highest BCUT2D eigenvalue weighted by atomic mass is 16.4. The molecule has 2 heterocycles. The first-order valence-corrected chi connectivity index (χ1v) is 6.67. The van der Waals surface area contributed by atoms with Gasteiger partial charge in [0.15, 0.2) is 0 Å². The summed E-state index contributed by atoms with van der Waals surface area (Å²) in [6, 6.07) is 1.27. The number of fused-ring (bicyclic) bond motifs is 2. The van der Waals surface area contributed by atoms with Gasteiger partial charge in [-0.15, -0.1) is 0 Å². The largest absolute Gasteiger partial charge is 0.481 e. The standard InChI is InChI=1S/C14H23NO2/c1-10(2)5-6-15-12-3-4-13(15)8-11(7-12)9-14(16)17/h5,11-13H,3-4,6-9H2,1-2H3,(H,16,17). The Hall–Kier alpha value is -0.830. The van der Waals surface area contributed by atoms with Crippen LogP contribution >= 0.6 is 0 Å². The summed E-state index contributed by atoms with van der Waals surface area (Å²) in [5.41, 5.74) is 1.37. The fourth-order valence-electron chi connectivity index (χ4n) is 3.39. The predicted molar refractivity (Wildman–Crippen MR) is 67.9 cm³/mol. The van der Waals surface area contributed by atoms with E-state index in [4.69, 9.17) is 5.11 Å². The lowest BCUT2D eigenvalue weighted by Crippen LogP contribution is -2.43. The molecule has 0 aromatic heterocycles. The molecule has 0 saturated carbocycles. The zero-order valence-corrected chi connectivity index (χ0v) is 10.9. The number of allylic oxidation sites excluding steroid dienone is 1. The van der Waals surface area contributed by atoms with Crippen molar-refractivity contribution in [2.45, 2.75) is 58.0 Å². The van der Waals surface area contributed by atoms with E-state index in [9.17, 15) is 4.79 Å². The molecular formula is C14H23NO2. The van der Waals surface area contributed by atoms with Crippen molar-refractivity contribution in [3.05, 3.63) is 11.6 Å². The number of carbonyl (C=O) groups is 1. The fraction of sp³-hybridized carbons (Fsp3) is 0.786. The smallest absolute Gasteiger partial charge is 0.303 e. The van der Waals surface area contributed by atoms with Gasteiger partial charge in [0.25, 0.3) is 0 Å². The number of piperidine rings is 1. The molecule has 0 radical (unpaired) electrons. The van der Waals surface area contributed by atoms with Crippen LogP contribution in [0.5, 0.6) is 0 Å². The second-order valence-corrected chi connectivity index (χ2v) is 5.80. The molecule has 17 heavy (non-hydrogen) atoms. The molecule has 2 bridgehead atoms. The lowest BCUT2D eigenvalue weighted by atomic mass is 9.88. The van der Waals surface area contributed by atoms with Crippen LogP contribution in [0.4, 0.5) is 0 Å². The molecule has 0 aromatic rings. The van der Waals surface area contributed by atoms with Gasteiger partial charge in [-0.1, -0.05) is 11.6 Å². The molecule has 0 aliphatic carbocycles. The molecule has 2 aliphatic rings. The third kappa shape index (κ3) is 3.09. The fourth-order valence-corrected chi connectivity index (χ4v) is 3.39. The third-order valence-electron chi connectivity index (χ3n) is 4.16. The number of rotatable bonds is 4. The van der Waals surface area contributed by atoms with Crippen LogP contribution in [0, 0.1) is 5.92 Å². The molecule has 2 fully saturated rings. The Morgan fingerprint density at radius 1 is 1.29 bits per heavy atom. The first-order valence-electron chi connectivity index (χ1n) is 6.67. The van der Waals surface area contributed by atoms with Gasteiger partial charge in [-0.05, 0) is 45.4 Å². The lowest BCUT2D eigenvalue weighted by Gasteiger charge is -2.38. The number of aliphatic carboxylic acids is 1. The summed E-state index contributed by atoms with van der Waals surface area (Å²) in [5, 5.41) is 8.88. The van der Waals surface area contributed by atoms with Crippen LogP contribution < -0.4 is 0 Å². The summed E-state index contributed by atoms with van der Waals surface area (Å²) in [6.07, 6.45) is 7.35. The van der Waals surface area contributed by atoms with E-state index in [0.29, 0.717) is 24.4 Å². The van der Waals surface area contributed by atoms with Gasteiger partial charge in [-0.3, -0.25) is 9.69 Å². The minimum Gasteiger partial charge on any atom is -0.481 e. The highest BCUT2D eigenvalue weighted by Crippen LogP contribution is 2.39. The topological polar surface area (TPSA) is 40.5 Å². The Balaban J connectivity index is 1.93. The van der Waals surface area contributed by atoms with Crippen molar-refractivity contribution in [3.8, 4) is 0 Å². The maximum absolute atomic E-state index is 10.8. The molecule has 0 spiro atoms. The minimum absolute atomic E-state index is 0.365. The van der Waals surface area contributed by atoms with Gasteiger partial charge >= 0.3 is 5.97 Å². The van der Waals surface area contributed by atoms with Crippen molar-refractivity contribution >= 4 is 5.97 Å². The number of hydrogen-bond acceptors (Lipinski definition) is 2. The maximum Gasteiger partial charge on any atom is 0.303 e. The average molecular weight is 237 g/mol. The van der Waals surface area contributed by atoms with Gasteiger partial charge in [-0.2, -0.15) is 0 Å². The van der Waals surface area contributed by atoms with E-state index in [2.05, 4.69) is 24.8 Å². The second kappa shape index (κ2) is 5.21. The molecule has 2 aliphatic heterocycles. The minimum atomic E-state index is -0.632. The van der Waals surface area contributed by atoms with Gasteiger partial charge in [0.05, 0.1) is 0 Å². The number of nitrogens with zero attached hydrogens (tertiary/aromatic N) is 1. The predicted octanol–water partition coefficient (Wildman–Crippen LogP) is 2.67. The molecule has 0 aromatic carbocycles. The summed E-state index contributed by atoms with van der Waals surface area (Å²) in [7, 11) is 0. The van der Waals surface area contributed by atoms with Crippen LogP contribution in [0.1, 0.15) is 46.0 Å². The molecule has 1 N–H and O–H groups in total. The SMILES string of the molecule is CC(C)=CCN1C2CCC1CC(CC(=O)O)C2. The van der Waals surface area contributed by atoms with E-state index in [0.717, 1.165) is 19.4 Å². The highest BCUT2D eigenvalue weighted by molar-refractivity contribution is 5.67. The molecule has 2 atom stereocenters. The average Bonchev–Trinajstić information content (AvgIpc) is 2.45. The Morgan fingerprint density at radius 2 is 1.88 bits per heavy atom. The van der Waals surface area contributed by atoms with Gasteiger partial charge in [0.2, 0.25) is 0 Å². The normalized spacial score (nSPS) is 32.5. The van der Waals surface area contributed by atoms with E-state index in [1.54, 1.807) is 0 Å². The summed E-state index contributed by atoms with van der Waals surface area (Å²) < 4.78 is 0. The Labute approximate surface area is 103 Å². The molecule has 2 rings (SSSR count). The zero-order valence-electron chi connectivity index (χ0n) is 10.9. The van der Waals surface area contributed by atoms with E-state index < -0.39 is 5.97 Å². The molecule has 0 amide bonds. The van der Waals surface area contributed by atoms with Crippen molar-refractivity contribution in [2.75, 3.05) is 6.54 Å². The van der Waals surface area contributed by atoms with Crippen LogP contribution in [0.2, 0.25) is 0 Å². The Morgan fingerprint density at radius 3 is 2.35 bits per heavy atom. The van der Waals surface area contributed by atoms with Crippen LogP contribution in [-0.4, -0.2) is 34.6 Å². The van der Waals surface area contributed by atoms with Crippen molar-refractivity contribution in [2.24, 2.45) is 5.92 Å². The van der Waals surface area contributed by atoms with Crippen molar-refractivity contribution < 1.29 is 9.90 Å². The van der Waals surface area contributed by atoms with Crippen LogP contribution in [0.3, 0.4) is 0 Å². The van der Waals surface area contributed by atoms with Crippen molar-refractivity contribution in [1.29, 1.82) is 0 Å². The first-order chi connectivity index (χ1) is 8.06. The monoisotopic (exact) mass is 237 g/mol. The zero-order chi connectivity index (χ0) is 12.4. The van der Waals surface area contributed by atoms with E-state index in [1.165, 1.54) is 18.4 Å². The van der Waals surface area contributed by atoms with Crippen LogP contribution in [-0.2, 0) is 4.79 Å². The third-order valence-corrected chi connectivity index (χ3v) is 4.16. The molecular weight excluding hydrogens is 214 g/mol. The number of carboxylic acids is 1. The van der Waals surface area contributed by atoms with Gasteiger partial charge in [0.1, 0.15) is 0 Å². The van der Waals surface area contributed by atoms with Crippen molar-refractivity contribution in [3.63, 3.8) is 0 Å². The molecule has 2 unspecified atom stereocenters. The molecule has 2 saturated heterocycles. The van der Waals surface area contributed by atoms with Crippen LogP contribution in [0.25, 0.3) is 0 Å². The van der Waals surface area contributed by atoms with Crippen LogP contribution in [0.15, 0.2) is 11.6 Å². The summed E-state index contributed by atoms with van der Waals surface area (Å²) in [4.78, 5) is 13.4. The Bertz CT molecular complexity index is 306. The maximum atomic E-state index is 10.8. The highest BCUT2D eigenvalue weighted by Gasteiger charge is 2.40. The van der Waals surface area contributed by atoms with E-state index >= 15 is 0 Å². The van der Waals surface area contributed by atoms with Gasteiger partial charge in [0, 0.05) is 25.0 Å². The summed E-state index contributed by atoms with van der Waals surface area (Å²) in [5.74, 6) is -0.222. The Kier molecular flexibility index (Phi) is 3.87.